The van der Waals surface area contributed by atoms with Crippen LogP contribution in [0.25, 0.3) is 10.9 Å². The van der Waals surface area contributed by atoms with E-state index in [1.54, 1.807) is 0 Å². The molecule has 74 valence electrons. The zero-order chi connectivity index (χ0) is 10.2. The fourth-order valence-corrected chi connectivity index (χ4v) is 1.76. The molecule has 0 fully saturated rings. The summed E-state index contributed by atoms with van der Waals surface area (Å²) in [6.45, 7) is 4.26. The van der Waals surface area contributed by atoms with E-state index in [2.05, 4.69) is 31.0 Å². The van der Waals surface area contributed by atoms with E-state index in [0.29, 0.717) is 0 Å². The summed E-state index contributed by atoms with van der Waals surface area (Å²) in [7, 11) is 0. The smallest absolute Gasteiger partial charge is 0.0522 e. The quantitative estimate of drug-likeness (QED) is 0.747. The van der Waals surface area contributed by atoms with Gasteiger partial charge in [0.1, 0.15) is 0 Å². The lowest BCUT2D eigenvalue weighted by molar-refractivity contribution is 0.219. The molecule has 1 heterocycles. The SMILES string of the molecule is CC(C)(CO)c1cccc2[nH]ccc12. The first-order valence-corrected chi connectivity index (χ1v) is 4.82. The average molecular weight is 189 g/mol. The van der Waals surface area contributed by atoms with E-state index in [-0.39, 0.29) is 12.0 Å². The van der Waals surface area contributed by atoms with Gasteiger partial charge in [0.2, 0.25) is 0 Å². The third-order valence-corrected chi connectivity index (χ3v) is 2.72. The number of rotatable bonds is 2. The molecule has 0 saturated carbocycles. The Kier molecular flexibility index (Phi) is 2.08. The van der Waals surface area contributed by atoms with Gasteiger partial charge in [-0.3, -0.25) is 0 Å². The summed E-state index contributed by atoms with van der Waals surface area (Å²) >= 11 is 0. The van der Waals surface area contributed by atoms with Gasteiger partial charge < -0.3 is 10.1 Å². The topological polar surface area (TPSA) is 36.0 Å². The van der Waals surface area contributed by atoms with Crippen LogP contribution >= 0.6 is 0 Å². The Bertz CT molecular complexity index is 442. The predicted molar refractivity (Wildman–Crippen MR) is 58.4 cm³/mol. The number of aliphatic hydroxyl groups is 1. The Morgan fingerprint density at radius 2 is 2.07 bits per heavy atom. The molecule has 2 heteroatoms. The number of benzene rings is 1. The molecule has 14 heavy (non-hydrogen) atoms. The maximum absolute atomic E-state index is 9.33. The van der Waals surface area contributed by atoms with Crippen LogP contribution in [-0.4, -0.2) is 16.7 Å². The van der Waals surface area contributed by atoms with Crippen molar-refractivity contribution in [3.63, 3.8) is 0 Å². The van der Waals surface area contributed by atoms with Crippen LogP contribution in [0.15, 0.2) is 30.5 Å². The number of aromatic nitrogens is 1. The van der Waals surface area contributed by atoms with Crippen LogP contribution in [0.3, 0.4) is 0 Å². The monoisotopic (exact) mass is 189 g/mol. The van der Waals surface area contributed by atoms with Gasteiger partial charge in [-0.1, -0.05) is 26.0 Å². The molecule has 0 radical (unpaired) electrons. The lowest BCUT2D eigenvalue weighted by Gasteiger charge is -2.23. The maximum Gasteiger partial charge on any atom is 0.0522 e. The number of aliphatic hydroxyl groups excluding tert-OH is 1. The Morgan fingerprint density at radius 3 is 2.79 bits per heavy atom. The highest BCUT2D eigenvalue weighted by molar-refractivity contribution is 5.83. The van der Waals surface area contributed by atoms with E-state index < -0.39 is 0 Å². The van der Waals surface area contributed by atoms with Gasteiger partial charge >= 0.3 is 0 Å². The van der Waals surface area contributed by atoms with Crippen LogP contribution in [0, 0.1) is 0 Å². The number of nitrogens with one attached hydrogen (secondary N) is 1. The first kappa shape index (κ1) is 9.28. The Hall–Kier alpha value is -1.28. The van der Waals surface area contributed by atoms with Gasteiger partial charge in [-0.2, -0.15) is 0 Å². The van der Waals surface area contributed by atoms with Gasteiger partial charge in [-0.05, 0) is 17.7 Å². The van der Waals surface area contributed by atoms with Gasteiger partial charge in [0.15, 0.2) is 0 Å². The van der Waals surface area contributed by atoms with Crippen LogP contribution < -0.4 is 0 Å². The van der Waals surface area contributed by atoms with Gasteiger partial charge in [0, 0.05) is 22.5 Å². The second kappa shape index (κ2) is 3.14. The van der Waals surface area contributed by atoms with Crippen molar-refractivity contribution in [1.29, 1.82) is 0 Å². The third-order valence-electron chi connectivity index (χ3n) is 2.72. The number of hydrogen-bond acceptors (Lipinski definition) is 1. The zero-order valence-electron chi connectivity index (χ0n) is 8.54. The number of fused-ring (bicyclic) bond motifs is 1. The minimum Gasteiger partial charge on any atom is -0.395 e. The summed E-state index contributed by atoms with van der Waals surface area (Å²) in [6, 6.07) is 8.20. The second-order valence-corrected chi connectivity index (χ2v) is 4.29. The fraction of sp³-hybridized carbons (Fsp3) is 0.333. The first-order valence-electron chi connectivity index (χ1n) is 4.82. The van der Waals surface area contributed by atoms with Crippen molar-refractivity contribution < 1.29 is 5.11 Å². The summed E-state index contributed by atoms with van der Waals surface area (Å²) in [4.78, 5) is 3.17. The van der Waals surface area contributed by atoms with Gasteiger partial charge in [0.25, 0.3) is 0 Å². The average Bonchev–Trinajstić information content (AvgIpc) is 2.64. The van der Waals surface area contributed by atoms with E-state index in [0.717, 1.165) is 5.52 Å². The molecule has 0 atom stereocenters. The van der Waals surface area contributed by atoms with E-state index >= 15 is 0 Å². The van der Waals surface area contributed by atoms with Crippen LogP contribution in [0.4, 0.5) is 0 Å². The molecular weight excluding hydrogens is 174 g/mol. The number of hydrogen-bond donors (Lipinski definition) is 2. The predicted octanol–water partition coefficient (Wildman–Crippen LogP) is 2.44. The summed E-state index contributed by atoms with van der Waals surface area (Å²) < 4.78 is 0. The number of H-pyrrole nitrogens is 1. The van der Waals surface area contributed by atoms with E-state index in [1.165, 1.54) is 10.9 Å². The molecule has 2 N–H and O–H groups in total. The Labute approximate surface area is 83.6 Å². The molecule has 0 aliphatic rings. The van der Waals surface area contributed by atoms with Gasteiger partial charge in [-0.15, -0.1) is 0 Å². The summed E-state index contributed by atoms with van der Waals surface area (Å²) in [5.74, 6) is 0. The molecule has 2 rings (SSSR count). The molecule has 1 aromatic carbocycles. The Morgan fingerprint density at radius 1 is 1.29 bits per heavy atom. The normalized spacial score (nSPS) is 12.2. The van der Waals surface area contributed by atoms with Crippen molar-refractivity contribution in [3.8, 4) is 0 Å². The highest BCUT2D eigenvalue weighted by Crippen LogP contribution is 2.29. The van der Waals surface area contributed by atoms with Crippen molar-refractivity contribution in [2.45, 2.75) is 19.3 Å². The molecule has 0 bridgehead atoms. The van der Waals surface area contributed by atoms with Crippen LogP contribution in [0.5, 0.6) is 0 Å². The zero-order valence-corrected chi connectivity index (χ0v) is 8.54. The lowest BCUT2D eigenvalue weighted by Crippen LogP contribution is -2.22. The highest BCUT2D eigenvalue weighted by atomic mass is 16.3. The van der Waals surface area contributed by atoms with E-state index in [9.17, 15) is 5.11 Å². The van der Waals surface area contributed by atoms with Crippen molar-refractivity contribution in [3.05, 3.63) is 36.0 Å². The van der Waals surface area contributed by atoms with Crippen LogP contribution in [0.2, 0.25) is 0 Å². The van der Waals surface area contributed by atoms with Crippen molar-refractivity contribution in [2.75, 3.05) is 6.61 Å². The molecular formula is C12H15NO. The molecule has 0 unspecified atom stereocenters. The third kappa shape index (κ3) is 1.32. The molecule has 0 saturated heterocycles. The molecule has 1 aromatic heterocycles. The fourth-order valence-electron chi connectivity index (χ4n) is 1.76. The van der Waals surface area contributed by atoms with Crippen molar-refractivity contribution in [1.82, 2.24) is 4.98 Å². The summed E-state index contributed by atoms with van der Waals surface area (Å²) in [6.07, 6.45) is 1.93. The Balaban J connectivity index is 2.67. The van der Waals surface area contributed by atoms with E-state index in [1.807, 2.05) is 18.3 Å². The molecule has 0 spiro atoms. The highest BCUT2D eigenvalue weighted by Gasteiger charge is 2.21. The number of aromatic amines is 1. The molecule has 0 aliphatic heterocycles. The minimum atomic E-state index is -0.179. The maximum atomic E-state index is 9.33. The lowest BCUT2D eigenvalue weighted by atomic mass is 9.84. The largest absolute Gasteiger partial charge is 0.395 e. The molecule has 0 amide bonds. The van der Waals surface area contributed by atoms with Gasteiger partial charge in [0.05, 0.1) is 6.61 Å². The van der Waals surface area contributed by atoms with Gasteiger partial charge in [-0.25, -0.2) is 0 Å². The van der Waals surface area contributed by atoms with Crippen LogP contribution in [-0.2, 0) is 5.41 Å². The van der Waals surface area contributed by atoms with Crippen LogP contribution in [0.1, 0.15) is 19.4 Å². The second-order valence-electron chi connectivity index (χ2n) is 4.29. The van der Waals surface area contributed by atoms with Crippen molar-refractivity contribution >= 4 is 10.9 Å². The van der Waals surface area contributed by atoms with Crippen molar-refractivity contribution in [2.24, 2.45) is 0 Å². The standard InChI is InChI=1S/C12H15NO/c1-12(2,8-14)10-4-3-5-11-9(10)6-7-13-11/h3-7,13-14H,8H2,1-2H3. The molecule has 2 aromatic rings. The minimum absolute atomic E-state index is 0.164. The van der Waals surface area contributed by atoms with E-state index in [4.69, 9.17) is 0 Å². The summed E-state index contributed by atoms with van der Waals surface area (Å²) in [5, 5.41) is 10.5. The first-order chi connectivity index (χ1) is 6.65. The molecule has 2 nitrogen and oxygen atoms in total. The summed E-state index contributed by atoms with van der Waals surface area (Å²) in [5.41, 5.74) is 2.14. The molecule has 0 aliphatic carbocycles.